The number of nitrogens with zero attached hydrogens (tertiary/aromatic N) is 1. The second kappa shape index (κ2) is 4.92. The molecule has 0 radical (unpaired) electrons. The van der Waals surface area contributed by atoms with Crippen molar-refractivity contribution in [3.05, 3.63) is 0 Å². The molecule has 2 fully saturated rings. The van der Waals surface area contributed by atoms with Crippen molar-refractivity contribution >= 4 is 5.91 Å². The lowest BCUT2D eigenvalue weighted by molar-refractivity contribution is -0.135. The SMILES string of the molecule is O=C([C@H]1CCCNC1)N1CC[C@@H](CF)C1. The molecule has 0 bridgehead atoms. The Morgan fingerprint density at radius 1 is 1.47 bits per heavy atom. The van der Waals surface area contributed by atoms with Crippen LogP contribution in [0.5, 0.6) is 0 Å². The van der Waals surface area contributed by atoms with Gasteiger partial charge in [-0.15, -0.1) is 0 Å². The van der Waals surface area contributed by atoms with Gasteiger partial charge in [0.25, 0.3) is 0 Å². The van der Waals surface area contributed by atoms with Crippen LogP contribution in [0.2, 0.25) is 0 Å². The van der Waals surface area contributed by atoms with Gasteiger partial charge in [-0.3, -0.25) is 9.18 Å². The van der Waals surface area contributed by atoms with E-state index in [4.69, 9.17) is 0 Å². The van der Waals surface area contributed by atoms with Crippen LogP contribution in [0.25, 0.3) is 0 Å². The third-order valence-electron chi connectivity index (χ3n) is 3.46. The van der Waals surface area contributed by atoms with Crippen LogP contribution < -0.4 is 5.32 Å². The molecule has 0 aromatic heterocycles. The Hall–Kier alpha value is -0.640. The summed E-state index contributed by atoms with van der Waals surface area (Å²) < 4.78 is 12.4. The summed E-state index contributed by atoms with van der Waals surface area (Å²) in [6.45, 7) is 2.93. The quantitative estimate of drug-likeness (QED) is 0.737. The Morgan fingerprint density at radius 3 is 2.93 bits per heavy atom. The van der Waals surface area contributed by atoms with Gasteiger partial charge in [0.1, 0.15) is 0 Å². The number of alkyl halides is 1. The molecule has 3 nitrogen and oxygen atoms in total. The van der Waals surface area contributed by atoms with E-state index in [0.717, 1.165) is 38.9 Å². The number of hydrogen-bond donors (Lipinski definition) is 1. The number of rotatable bonds is 2. The highest BCUT2D eigenvalue weighted by atomic mass is 19.1. The summed E-state index contributed by atoms with van der Waals surface area (Å²) in [5, 5.41) is 3.24. The molecule has 2 aliphatic heterocycles. The van der Waals surface area contributed by atoms with Gasteiger partial charge >= 0.3 is 0 Å². The van der Waals surface area contributed by atoms with Gasteiger partial charge in [-0.05, 0) is 25.8 Å². The third kappa shape index (κ3) is 2.48. The Morgan fingerprint density at radius 2 is 2.33 bits per heavy atom. The fraction of sp³-hybridized carbons (Fsp3) is 0.909. The number of piperidine rings is 1. The van der Waals surface area contributed by atoms with Gasteiger partial charge in [0.2, 0.25) is 5.91 Å². The van der Waals surface area contributed by atoms with E-state index < -0.39 is 0 Å². The average Bonchev–Trinajstić information content (AvgIpc) is 2.78. The van der Waals surface area contributed by atoms with E-state index in [1.165, 1.54) is 0 Å². The Kier molecular flexibility index (Phi) is 3.57. The number of halogens is 1. The molecule has 1 N–H and O–H groups in total. The second-order valence-corrected chi connectivity index (χ2v) is 4.64. The van der Waals surface area contributed by atoms with Gasteiger partial charge in [-0.2, -0.15) is 0 Å². The number of likely N-dealkylation sites (tertiary alicyclic amines) is 1. The first-order valence-electron chi connectivity index (χ1n) is 5.86. The molecule has 2 atom stereocenters. The van der Waals surface area contributed by atoms with Gasteiger partial charge in [0.05, 0.1) is 12.6 Å². The van der Waals surface area contributed by atoms with E-state index in [1.54, 1.807) is 0 Å². The standard InChI is InChI=1S/C11H19FN2O/c12-6-9-3-5-14(8-9)11(15)10-2-1-4-13-7-10/h9-10,13H,1-8H2/t9-,10-/m0/s1. The molecule has 2 saturated heterocycles. The second-order valence-electron chi connectivity index (χ2n) is 4.64. The monoisotopic (exact) mass is 214 g/mol. The van der Waals surface area contributed by atoms with Crippen LogP contribution in [0, 0.1) is 11.8 Å². The lowest BCUT2D eigenvalue weighted by Crippen LogP contribution is -2.42. The molecular formula is C11H19FN2O. The predicted octanol–water partition coefficient (Wildman–Crippen LogP) is 0.804. The lowest BCUT2D eigenvalue weighted by atomic mass is 9.98. The molecular weight excluding hydrogens is 195 g/mol. The van der Waals surface area contributed by atoms with Crippen molar-refractivity contribution in [1.82, 2.24) is 10.2 Å². The molecule has 2 heterocycles. The summed E-state index contributed by atoms with van der Waals surface area (Å²) in [6.07, 6.45) is 2.90. The van der Waals surface area contributed by atoms with Gasteiger partial charge in [0, 0.05) is 25.6 Å². The maximum atomic E-state index is 12.4. The summed E-state index contributed by atoms with van der Waals surface area (Å²) in [5.41, 5.74) is 0. The molecule has 0 aliphatic carbocycles. The molecule has 0 aromatic rings. The first-order valence-corrected chi connectivity index (χ1v) is 5.86. The van der Waals surface area contributed by atoms with E-state index >= 15 is 0 Å². The Balaban J connectivity index is 1.85. The number of amides is 1. The highest BCUT2D eigenvalue weighted by Gasteiger charge is 2.31. The van der Waals surface area contributed by atoms with Crippen LogP contribution in [0.3, 0.4) is 0 Å². The molecule has 86 valence electrons. The molecule has 0 saturated carbocycles. The van der Waals surface area contributed by atoms with Crippen LogP contribution >= 0.6 is 0 Å². The molecule has 2 aliphatic rings. The smallest absolute Gasteiger partial charge is 0.226 e. The molecule has 4 heteroatoms. The van der Waals surface area contributed by atoms with Crippen molar-refractivity contribution in [3.63, 3.8) is 0 Å². The molecule has 0 spiro atoms. The molecule has 2 rings (SSSR count). The van der Waals surface area contributed by atoms with E-state index in [-0.39, 0.29) is 24.4 Å². The first-order chi connectivity index (χ1) is 7.31. The number of hydrogen-bond acceptors (Lipinski definition) is 2. The largest absolute Gasteiger partial charge is 0.342 e. The van der Waals surface area contributed by atoms with E-state index in [9.17, 15) is 9.18 Å². The maximum absolute atomic E-state index is 12.4. The van der Waals surface area contributed by atoms with Crippen LogP contribution in [0.15, 0.2) is 0 Å². The highest BCUT2D eigenvalue weighted by Crippen LogP contribution is 2.21. The van der Waals surface area contributed by atoms with Crippen molar-refractivity contribution < 1.29 is 9.18 Å². The van der Waals surface area contributed by atoms with Crippen LogP contribution in [0.1, 0.15) is 19.3 Å². The van der Waals surface area contributed by atoms with Gasteiger partial charge < -0.3 is 10.2 Å². The topological polar surface area (TPSA) is 32.3 Å². The average molecular weight is 214 g/mol. The van der Waals surface area contributed by atoms with E-state index in [2.05, 4.69) is 5.32 Å². The van der Waals surface area contributed by atoms with Crippen molar-refractivity contribution in [3.8, 4) is 0 Å². The van der Waals surface area contributed by atoms with Gasteiger partial charge in [-0.1, -0.05) is 0 Å². The number of carbonyl (C=O) groups is 1. The van der Waals surface area contributed by atoms with E-state index in [0.29, 0.717) is 6.54 Å². The Labute approximate surface area is 90.0 Å². The van der Waals surface area contributed by atoms with Crippen molar-refractivity contribution in [2.45, 2.75) is 19.3 Å². The predicted molar refractivity (Wildman–Crippen MR) is 56.3 cm³/mol. The van der Waals surface area contributed by atoms with Crippen LogP contribution in [-0.2, 0) is 4.79 Å². The molecule has 1 amide bonds. The van der Waals surface area contributed by atoms with Crippen LogP contribution in [-0.4, -0.2) is 43.7 Å². The minimum Gasteiger partial charge on any atom is -0.342 e. The van der Waals surface area contributed by atoms with Crippen molar-refractivity contribution in [1.29, 1.82) is 0 Å². The summed E-state index contributed by atoms with van der Waals surface area (Å²) >= 11 is 0. The van der Waals surface area contributed by atoms with Gasteiger partial charge in [-0.25, -0.2) is 0 Å². The zero-order chi connectivity index (χ0) is 10.7. The fourth-order valence-corrected chi connectivity index (χ4v) is 2.48. The molecule has 0 aromatic carbocycles. The van der Waals surface area contributed by atoms with Crippen molar-refractivity contribution in [2.75, 3.05) is 32.9 Å². The Bertz CT molecular complexity index is 229. The molecule has 15 heavy (non-hydrogen) atoms. The summed E-state index contributed by atoms with van der Waals surface area (Å²) in [6, 6.07) is 0. The maximum Gasteiger partial charge on any atom is 0.226 e. The fourth-order valence-electron chi connectivity index (χ4n) is 2.48. The third-order valence-corrected chi connectivity index (χ3v) is 3.46. The van der Waals surface area contributed by atoms with E-state index in [1.807, 2.05) is 4.90 Å². The summed E-state index contributed by atoms with van der Waals surface area (Å²) in [4.78, 5) is 13.9. The van der Waals surface area contributed by atoms with Gasteiger partial charge in [0.15, 0.2) is 0 Å². The van der Waals surface area contributed by atoms with Crippen LogP contribution in [0.4, 0.5) is 4.39 Å². The zero-order valence-corrected chi connectivity index (χ0v) is 9.04. The minimum atomic E-state index is -0.285. The summed E-state index contributed by atoms with van der Waals surface area (Å²) in [7, 11) is 0. The number of carbonyl (C=O) groups excluding carboxylic acids is 1. The first kappa shape index (κ1) is 10.9. The minimum absolute atomic E-state index is 0.0884. The lowest BCUT2D eigenvalue weighted by Gasteiger charge is -2.26. The summed E-state index contributed by atoms with van der Waals surface area (Å²) in [5.74, 6) is 0.459. The molecule has 0 unspecified atom stereocenters. The highest BCUT2D eigenvalue weighted by molar-refractivity contribution is 5.79. The van der Waals surface area contributed by atoms with Crippen molar-refractivity contribution in [2.24, 2.45) is 11.8 Å². The zero-order valence-electron chi connectivity index (χ0n) is 9.04. The normalized spacial score (nSPS) is 31.9. The number of nitrogens with one attached hydrogen (secondary N) is 1.